The van der Waals surface area contributed by atoms with E-state index < -0.39 is 10.0 Å². The van der Waals surface area contributed by atoms with Gasteiger partial charge in [0.25, 0.3) is 0 Å². The molecule has 0 unspecified atom stereocenters. The van der Waals surface area contributed by atoms with E-state index in [-0.39, 0.29) is 4.90 Å². The zero-order valence-electron chi connectivity index (χ0n) is 11.2. The molecule has 1 aromatic rings. The first-order valence-electron chi connectivity index (χ1n) is 6.77. The number of benzene rings is 1. The second kappa shape index (κ2) is 7.09. The predicted octanol–water partition coefficient (Wildman–Crippen LogP) is 1.34. The number of hydrogen-bond acceptors (Lipinski definition) is 2. The summed E-state index contributed by atoms with van der Waals surface area (Å²) in [4.78, 5) is 1.68. The molecule has 0 atom stereocenters. The summed E-state index contributed by atoms with van der Waals surface area (Å²) in [6.07, 6.45) is 3.40. The molecule has 112 valence electrons. The van der Waals surface area contributed by atoms with Crippen LogP contribution in [0, 0.1) is 0 Å². The van der Waals surface area contributed by atoms with E-state index in [1.54, 1.807) is 4.90 Å². The smallest absolute Gasteiger partial charge is 0.240 e. The first kappa shape index (κ1) is 16.0. The average molecular weight is 338 g/mol. The molecule has 1 fully saturated rings. The molecule has 0 aliphatic carbocycles. The topological polar surface area (TPSA) is 50.6 Å². The molecule has 2 N–H and O–H groups in total. The molecule has 1 aromatic carbocycles. The van der Waals surface area contributed by atoms with Crippen molar-refractivity contribution < 1.29 is 13.3 Å². The zero-order valence-corrected chi connectivity index (χ0v) is 13.5. The SMILES string of the molecule is O=S(=O)(NCCC[NH+]1CCCC1)c1cc(Cl)cc(Cl)c1. The Morgan fingerprint density at radius 3 is 2.30 bits per heavy atom. The van der Waals surface area contributed by atoms with E-state index in [0.717, 1.165) is 13.0 Å². The van der Waals surface area contributed by atoms with Gasteiger partial charge in [0.1, 0.15) is 0 Å². The van der Waals surface area contributed by atoms with Crippen LogP contribution >= 0.6 is 23.2 Å². The number of nitrogens with one attached hydrogen (secondary N) is 2. The van der Waals surface area contributed by atoms with Crippen LogP contribution in [0.15, 0.2) is 23.1 Å². The first-order chi connectivity index (χ1) is 9.47. The maximum atomic E-state index is 12.1. The lowest BCUT2D eigenvalue weighted by Gasteiger charge is -2.12. The Balaban J connectivity index is 1.86. The van der Waals surface area contributed by atoms with Crippen LogP contribution in [0.25, 0.3) is 0 Å². The van der Waals surface area contributed by atoms with Crippen LogP contribution in [0.1, 0.15) is 19.3 Å². The number of halogens is 2. The second-order valence-electron chi connectivity index (χ2n) is 5.06. The molecule has 0 radical (unpaired) electrons. The number of quaternary nitrogens is 1. The fourth-order valence-electron chi connectivity index (χ4n) is 2.44. The van der Waals surface area contributed by atoms with Crippen molar-refractivity contribution in [3.8, 4) is 0 Å². The molecule has 1 heterocycles. The lowest BCUT2D eigenvalue weighted by atomic mass is 10.4. The molecule has 1 aliphatic heterocycles. The highest BCUT2D eigenvalue weighted by atomic mass is 35.5. The minimum Gasteiger partial charge on any atom is -0.335 e. The molecule has 1 aliphatic rings. The Morgan fingerprint density at radius 2 is 1.70 bits per heavy atom. The molecule has 0 aromatic heterocycles. The number of rotatable bonds is 6. The van der Waals surface area contributed by atoms with Gasteiger partial charge in [-0.3, -0.25) is 0 Å². The van der Waals surface area contributed by atoms with E-state index in [2.05, 4.69) is 4.72 Å². The van der Waals surface area contributed by atoms with Crippen LogP contribution in [0.4, 0.5) is 0 Å². The normalized spacial score (nSPS) is 16.7. The zero-order chi connectivity index (χ0) is 14.6. The van der Waals surface area contributed by atoms with Crippen molar-refractivity contribution in [3.05, 3.63) is 28.2 Å². The summed E-state index contributed by atoms with van der Waals surface area (Å²) in [5.41, 5.74) is 0. The van der Waals surface area contributed by atoms with E-state index in [4.69, 9.17) is 23.2 Å². The Kier molecular flexibility index (Phi) is 5.69. The highest BCUT2D eigenvalue weighted by molar-refractivity contribution is 7.89. The quantitative estimate of drug-likeness (QED) is 0.769. The summed E-state index contributed by atoms with van der Waals surface area (Å²) in [5.74, 6) is 0. The highest BCUT2D eigenvalue weighted by Crippen LogP contribution is 2.22. The third-order valence-electron chi connectivity index (χ3n) is 3.46. The summed E-state index contributed by atoms with van der Waals surface area (Å²) < 4.78 is 26.8. The molecule has 4 nitrogen and oxygen atoms in total. The number of likely N-dealkylation sites (tertiary alicyclic amines) is 1. The van der Waals surface area contributed by atoms with Crippen LogP contribution in [0.5, 0.6) is 0 Å². The molecular weight excluding hydrogens is 319 g/mol. The molecule has 7 heteroatoms. The predicted molar refractivity (Wildman–Crippen MR) is 81.1 cm³/mol. The Labute approximate surface area is 130 Å². The summed E-state index contributed by atoms with van der Waals surface area (Å²) in [6, 6.07) is 4.32. The summed E-state index contributed by atoms with van der Waals surface area (Å²) in [7, 11) is -3.53. The monoisotopic (exact) mass is 337 g/mol. The van der Waals surface area contributed by atoms with Crippen molar-refractivity contribution in [1.29, 1.82) is 0 Å². The number of sulfonamides is 1. The van der Waals surface area contributed by atoms with Gasteiger partial charge in [-0.2, -0.15) is 0 Å². The van der Waals surface area contributed by atoms with E-state index in [1.165, 1.54) is 44.1 Å². The van der Waals surface area contributed by atoms with Crippen molar-refractivity contribution in [3.63, 3.8) is 0 Å². The van der Waals surface area contributed by atoms with Crippen molar-refractivity contribution in [2.24, 2.45) is 0 Å². The van der Waals surface area contributed by atoms with Gasteiger partial charge in [-0.25, -0.2) is 13.1 Å². The fraction of sp³-hybridized carbons (Fsp3) is 0.538. The van der Waals surface area contributed by atoms with Gasteiger partial charge in [-0.1, -0.05) is 23.2 Å². The van der Waals surface area contributed by atoms with Crippen molar-refractivity contribution >= 4 is 33.2 Å². The first-order valence-corrected chi connectivity index (χ1v) is 9.00. The second-order valence-corrected chi connectivity index (χ2v) is 7.70. The van der Waals surface area contributed by atoms with Gasteiger partial charge < -0.3 is 4.90 Å². The third kappa shape index (κ3) is 4.60. The maximum absolute atomic E-state index is 12.1. The number of hydrogen-bond donors (Lipinski definition) is 2. The minimum absolute atomic E-state index is 0.114. The van der Waals surface area contributed by atoms with E-state index in [9.17, 15) is 8.42 Å². The van der Waals surface area contributed by atoms with Crippen molar-refractivity contribution in [1.82, 2.24) is 4.72 Å². The largest absolute Gasteiger partial charge is 0.335 e. The molecule has 0 saturated carbocycles. The lowest BCUT2D eigenvalue weighted by molar-refractivity contribution is -0.887. The molecular formula is C13H19Cl2N2O2S+. The van der Waals surface area contributed by atoms with Gasteiger partial charge in [-0.05, 0) is 18.2 Å². The van der Waals surface area contributed by atoms with Gasteiger partial charge in [0.05, 0.1) is 24.5 Å². The van der Waals surface area contributed by atoms with Gasteiger partial charge in [0, 0.05) is 35.9 Å². The van der Waals surface area contributed by atoms with Gasteiger partial charge in [0.15, 0.2) is 0 Å². The van der Waals surface area contributed by atoms with Gasteiger partial charge >= 0.3 is 0 Å². The van der Waals surface area contributed by atoms with Crippen molar-refractivity contribution in [2.75, 3.05) is 26.2 Å². The van der Waals surface area contributed by atoms with E-state index in [0.29, 0.717) is 16.6 Å². The highest BCUT2D eigenvalue weighted by Gasteiger charge is 2.17. The molecule has 0 spiro atoms. The average Bonchev–Trinajstić information content (AvgIpc) is 2.86. The molecule has 20 heavy (non-hydrogen) atoms. The maximum Gasteiger partial charge on any atom is 0.240 e. The summed E-state index contributed by atoms with van der Waals surface area (Å²) >= 11 is 11.6. The molecule has 0 amide bonds. The Bertz CT molecular complexity index is 537. The van der Waals surface area contributed by atoms with Crippen molar-refractivity contribution in [2.45, 2.75) is 24.2 Å². The third-order valence-corrected chi connectivity index (χ3v) is 5.33. The van der Waals surface area contributed by atoms with Crippen LogP contribution in [0.2, 0.25) is 10.0 Å². The van der Waals surface area contributed by atoms with E-state index in [1.807, 2.05) is 0 Å². The van der Waals surface area contributed by atoms with Gasteiger partial charge in [-0.15, -0.1) is 0 Å². The van der Waals surface area contributed by atoms with Crippen LogP contribution in [-0.2, 0) is 10.0 Å². The Hall–Kier alpha value is -0.330. The van der Waals surface area contributed by atoms with Crippen LogP contribution in [-0.4, -0.2) is 34.6 Å². The summed E-state index contributed by atoms with van der Waals surface area (Å²) in [5, 5.41) is 0.638. The fourth-order valence-corrected chi connectivity index (χ4v) is 4.24. The summed E-state index contributed by atoms with van der Waals surface area (Å²) in [6.45, 7) is 3.86. The van der Waals surface area contributed by atoms with E-state index >= 15 is 0 Å². The minimum atomic E-state index is -3.53. The van der Waals surface area contributed by atoms with Crippen LogP contribution < -0.4 is 9.62 Å². The molecule has 2 rings (SSSR count). The van der Waals surface area contributed by atoms with Gasteiger partial charge in [0.2, 0.25) is 10.0 Å². The molecule has 1 saturated heterocycles. The Morgan fingerprint density at radius 1 is 1.10 bits per heavy atom. The van der Waals surface area contributed by atoms with Crippen LogP contribution in [0.3, 0.4) is 0 Å². The standard InChI is InChI=1S/C13H18Cl2N2O2S/c14-11-8-12(15)10-13(9-11)20(18,19)16-4-3-7-17-5-1-2-6-17/h8-10,16H,1-7H2/p+1. The lowest BCUT2D eigenvalue weighted by Crippen LogP contribution is -3.10. The molecule has 0 bridgehead atoms.